The van der Waals surface area contributed by atoms with Gasteiger partial charge in [0.2, 0.25) is 5.91 Å². The Hall–Kier alpha value is -2.00. The van der Waals surface area contributed by atoms with Gasteiger partial charge < -0.3 is 25.3 Å². The number of nitro groups is 1. The van der Waals surface area contributed by atoms with Gasteiger partial charge in [-0.2, -0.15) is 4.68 Å². The standard InChI is InChI=1S/C11H16N4O5/c1-8-11(17,3-5-20-8)7-12-10(16)6-14-4-2-9(13-14)15(18)19/h2,4,8,17H,3,5-7H2,1H3,(H,12,16). The van der Waals surface area contributed by atoms with Crippen molar-refractivity contribution < 1.29 is 19.6 Å². The van der Waals surface area contributed by atoms with E-state index in [1.54, 1.807) is 6.92 Å². The quantitative estimate of drug-likeness (QED) is 0.553. The predicted molar refractivity (Wildman–Crippen MR) is 66.9 cm³/mol. The van der Waals surface area contributed by atoms with E-state index in [0.717, 1.165) is 0 Å². The Labute approximate surface area is 114 Å². The van der Waals surface area contributed by atoms with Gasteiger partial charge in [-0.05, 0) is 11.8 Å². The molecule has 1 saturated heterocycles. The largest absolute Gasteiger partial charge is 0.389 e. The number of carbonyl (C=O) groups is 1. The molecule has 1 aliphatic heterocycles. The molecule has 1 aromatic rings. The van der Waals surface area contributed by atoms with Crippen molar-refractivity contribution in [1.82, 2.24) is 15.1 Å². The van der Waals surface area contributed by atoms with Crippen molar-refractivity contribution in [1.29, 1.82) is 0 Å². The Kier molecular flexibility index (Phi) is 4.00. The first kappa shape index (κ1) is 14.4. The van der Waals surface area contributed by atoms with Gasteiger partial charge in [-0.25, -0.2) is 0 Å². The third kappa shape index (κ3) is 3.11. The summed E-state index contributed by atoms with van der Waals surface area (Å²) in [5.74, 6) is -0.690. The lowest BCUT2D eigenvalue weighted by atomic mass is 9.97. The van der Waals surface area contributed by atoms with Crippen LogP contribution in [0.15, 0.2) is 12.3 Å². The van der Waals surface area contributed by atoms with Crippen LogP contribution in [0, 0.1) is 10.1 Å². The molecule has 0 aromatic carbocycles. The molecule has 1 aliphatic rings. The van der Waals surface area contributed by atoms with Crippen LogP contribution in [0.25, 0.3) is 0 Å². The summed E-state index contributed by atoms with van der Waals surface area (Å²) < 4.78 is 6.43. The van der Waals surface area contributed by atoms with E-state index in [1.165, 1.54) is 16.9 Å². The van der Waals surface area contributed by atoms with Gasteiger partial charge in [-0.1, -0.05) is 0 Å². The molecule has 9 nitrogen and oxygen atoms in total. The summed E-state index contributed by atoms with van der Waals surface area (Å²) in [5, 5.41) is 26.9. The first-order chi connectivity index (χ1) is 9.40. The maximum absolute atomic E-state index is 11.7. The second-order valence-corrected chi connectivity index (χ2v) is 4.77. The molecule has 0 bridgehead atoms. The van der Waals surface area contributed by atoms with Crippen LogP contribution >= 0.6 is 0 Å². The number of nitrogens with zero attached hydrogens (tertiary/aromatic N) is 3. The second kappa shape index (κ2) is 5.55. The maximum atomic E-state index is 11.7. The van der Waals surface area contributed by atoms with Crippen LogP contribution in [0.1, 0.15) is 13.3 Å². The molecule has 0 spiro atoms. The first-order valence-corrected chi connectivity index (χ1v) is 6.19. The molecule has 1 amide bonds. The molecule has 110 valence electrons. The Balaban J connectivity index is 1.84. The van der Waals surface area contributed by atoms with Gasteiger partial charge in [-0.15, -0.1) is 0 Å². The Morgan fingerprint density at radius 2 is 2.55 bits per heavy atom. The summed E-state index contributed by atoms with van der Waals surface area (Å²) in [6.07, 6.45) is 1.48. The molecular formula is C11H16N4O5. The van der Waals surface area contributed by atoms with Crippen LogP contribution in [-0.4, -0.2) is 50.6 Å². The van der Waals surface area contributed by atoms with Gasteiger partial charge in [0.05, 0.1) is 23.5 Å². The van der Waals surface area contributed by atoms with Gasteiger partial charge in [0.15, 0.2) is 0 Å². The van der Waals surface area contributed by atoms with Gasteiger partial charge in [0.1, 0.15) is 12.1 Å². The molecule has 2 heterocycles. The number of ether oxygens (including phenoxy) is 1. The van der Waals surface area contributed by atoms with Crippen molar-refractivity contribution in [2.24, 2.45) is 0 Å². The molecule has 0 radical (unpaired) electrons. The topological polar surface area (TPSA) is 120 Å². The molecule has 1 fully saturated rings. The highest BCUT2D eigenvalue weighted by Crippen LogP contribution is 2.24. The summed E-state index contributed by atoms with van der Waals surface area (Å²) in [7, 11) is 0. The van der Waals surface area contributed by atoms with E-state index in [4.69, 9.17) is 4.74 Å². The fraction of sp³-hybridized carbons (Fsp3) is 0.636. The summed E-state index contributed by atoms with van der Waals surface area (Å²) in [6, 6.07) is 1.22. The minimum Gasteiger partial charge on any atom is -0.385 e. The molecule has 1 aromatic heterocycles. The predicted octanol–water partition coefficient (Wildman–Crippen LogP) is -0.553. The lowest BCUT2D eigenvalue weighted by molar-refractivity contribution is -0.389. The SMILES string of the molecule is CC1OCCC1(O)CNC(=O)Cn1ccc([N+](=O)[O-])n1. The lowest BCUT2D eigenvalue weighted by Crippen LogP contribution is -2.48. The number of hydrogen-bond acceptors (Lipinski definition) is 6. The van der Waals surface area contributed by atoms with Gasteiger partial charge in [0.25, 0.3) is 0 Å². The minimum atomic E-state index is -1.06. The summed E-state index contributed by atoms with van der Waals surface area (Å²) in [6.45, 7) is 2.14. The Bertz CT molecular complexity index is 517. The van der Waals surface area contributed by atoms with Crippen LogP contribution < -0.4 is 5.32 Å². The number of amides is 1. The van der Waals surface area contributed by atoms with Crippen LogP contribution in [-0.2, 0) is 16.1 Å². The number of aliphatic hydroxyl groups is 1. The van der Waals surface area contributed by atoms with E-state index in [1.807, 2.05) is 0 Å². The Morgan fingerprint density at radius 3 is 3.10 bits per heavy atom. The van der Waals surface area contributed by atoms with Crippen LogP contribution in [0.2, 0.25) is 0 Å². The number of rotatable bonds is 5. The fourth-order valence-corrected chi connectivity index (χ4v) is 1.99. The van der Waals surface area contributed by atoms with E-state index < -0.39 is 10.5 Å². The van der Waals surface area contributed by atoms with E-state index in [-0.39, 0.29) is 30.9 Å². The number of carbonyl (C=O) groups excluding carboxylic acids is 1. The smallest absolute Gasteiger partial charge is 0.385 e. The summed E-state index contributed by atoms with van der Waals surface area (Å²) in [4.78, 5) is 21.5. The number of aromatic nitrogens is 2. The van der Waals surface area contributed by atoms with Gasteiger partial charge in [-0.3, -0.25) is 4.79 Å². The zero-order valence-corrected chi connectivity index (χ0v) is 11.0. The molecule has 2 rings (SSSR count). The highest BCUT2D eigenvalue weighted by atomic mass is 16.6. The molecule has 0 saturated carbocycles. The molecule has 2 N–H and O–H groups in total. The van der Waals surface area contributed by atoms with Gasteiger partial charge in [0, 0.05) is 19.6 Å². The van der Waals surface area contributed by atoms with Gasteiger partial charge >= 0.3 is 5.82 Å². The lowest BCUT2D eigenvalue weighted by Gasteiger charge is -2.25. The van der Waals surface area contributed by atoms with Crippen molar-refractivity contribution >= 4 is 11.7 Å². The molecule has 0 aliphatic carbocycles. The van der Waals surface area contributed by atoms with Crippen LogP contribution in [0.5, 0.6) is 0 Å². The monoisotopic (exact) mass is 284 g/mol. The zero-order valence-electron chi connectivity index (χ0n) is 11.0. The zero-order chi connectivity index (χ0) is 14.8. The number of hydrogen-bond donors (Lipinski definition) is 2. The Morgan fingerprint density at radius 1 is 1.80 bits per heavy atom. The van der Waals surface area contributed by atoms with Crippen LogP contribution in [0.3, 0.4) is 0 Å². The van der Waals surface area contributed by atoms with Crippen molar-refractivity contribution in [3.63, 3.8) is 0 Å². The highest BCUT2D eigenvalue weighted by molar-refractivity contribution is 5.75. The van der Waals surface area contributed by atoms with Crippen molar-refractivity contribution in [2.45, 2.75) is 31.6 Å². The van der Waals surface area contributed by atoms with E-state index in [9.17, 15) is 20.0 Å². The van der Waals surface area contributed by atoms with Crippen molar-refractivity contribution in [2.75, 3.05) is 13.2 Å². The average molecular weight is 284 g/mol. The third-order valence-corrected chi connectivity index (χ3v) is 3.37. The maximum Gasteiger partial charge on any atom is 0.389 e. The van der Waals surface area contributed by atoms with Crippen LogP contribution in [0.4, 0.5) is 5.82 Å². The molecule has 2 atom stereocenters. The third-order valence-electron chi connectivity index (χ3n) is 3.37. The summed E-state index contributed by atoms with van der Waals surface area (Å²) >= 11 is 0. The number of nitrogens with one attached hydrogen (secondary N) is 1. The molecule has 9 heteroatoms. The fourth-order valence-electron chi connectivity index (χ4n) is 1.99. The van der Waals surface area contributed by atoms with Crippen molar-refractivity contribution in [3.05, 3.63) is 22.4 Å². The van der Waals surface area contributed by atoms with E-state index >= 15 is 0 Å². The van der Waals surface area contributed by atoms with E-state index in [2.05, 4.69) is 10.4 Å². The molecule has 2 unspecified atom stereocenters. The van der Waals surface area contributed by atoms with E-state index in [0.29, 0.717) is 13.0 Å². The first-order valence-electron chi connectivity index (χ1n) is 6.19. The second-order valence-electron chi connectivity index (χ2n) is 4.77. The highest BCUT2D eigenvalue weighted by Gasteiger charge is 2.39. The summed E-state index contributed by atoms with van der Waals surface area (Å²) in [5.41, 5.74) is -1.06. The normalized spacial score (nSPS) is 25.6. The van der Waals surface area contributed by atoms with Crippen molar-refractivity contribution in [3.8, 4) is 0 Å². The molecule has 20 heavy (non-hydrogen) atoms. The molecular weight excluding hydrogens is 268 g/mol. The average Bonchev–Trinajstić information content (AvgIpc) is 2.96. The minimum absolute atomic E-state index is 0.0797.